The van der Waals surface area contributed by atoms with E-state index < -0.39 is 9.05 Å². The van der Waals surface area contributed by atoms with Crippen LogP contribution in [0.2, 0.25) is 10.0 Å². The van der Waals surface area contributed by atoms with Crippen LogP contribution in [0.1, 0.15) is 70.3 Å². The number of rotatable bonds is 9. The van der Waals surface area contributed by atoms with Crippen molar-refractivity contribution >= 4 is 54.8 Å². The fourth-order valence-corrected chi connectivity index (χ4v) is 8.56. The topological polar surface area (TPSA) is 112 Å². The van der Waals surface area contributed by atoms with Crippen LogP contribution >= 0.6 is 33.9 Å². The van der Waals surface area contributed by atoms with Gasteiger partial charge >= 0.3 is 0 Å². The number of aliphatic hydroxyl groups is 1. The minimum atomic E-state index is -3.55. The summed E-state index contributed by atoms with van der Waals surface area (Å²) in [6.45, 7) is 8.80. The molecule has 268 valence electrons. The van der Waals surface area contributed by atoms with E-state index in [1.54, 1.807) is 36.9 Å². The highest BCUT2D eigenvalue weighted by Gasteiger charge is 2.43. The van der Waals surface area contributed by atoms with Gasteiger partial charge in [-0.15, -0.1) is 0 Å². The Morgan fingerprint density at radius 1 is 0.735 bits per heavy atom. The van der Waals surface area contributed by atoms with Crippen LogP contribution in [0.3, 0.4) is 0 Å². The number of aromatic nitrogens is 4. The fourth-order valence-electron chi connectivity index (χ4n) is 7.59. The van der Waals surface area contributed by atoms with Gasteiger partial charge in [0.2, 0.25) is 11.9 Å². The molecule has 1 aromatic carbocycles. The highest BCUT2D eigenvalue weighted by molar-refractivity contribution is 8.13. The van der Waals surface area contributed by atoms with Gasteiger partial charge in [-0.2, -0.15) is 0 Å². The first-order chi connectivity index (χ1) is 23.5. The van der Waals surface area contributed by atoms with Crippen LogP contribution in [0.15, 0.2) is 53.9 Å². The average molecular weight is 752 g/mol. The van der Waals surface area contributed by atoms with E-state index in [4.69, 9.17) is 39.0 Å². The van der Waals surface area contributed by atoms with E-state index in [1.807, 2.05) is 6.92 Å². The first-order valence-corrected chi connectivity index (χ1v) is 20.7. The SMILES string of the molecule is CCC[C@@H]1C[C@@H]1C1CCN(c2ncc(Cl)cn2)CC1.Cc1ccc(S(=O)(=O)Cl)cc1.OCC[C@@H]1C[C@@H]1C1CCN(c2ncc(Cl)cn2)CC1. The molecule has 1 N–H and O–H groups in total. The van der Waals surface area contributed by atoms with Crippen molar-refractivity contribution in [2.75, 3.05) is 42.6 Å². The Labute approximate surface area is 306 Å². The minimum Gasteiger partial charge on any atom is -0.396 e. The first kappa shape index (κ1) is 38.0. The van der Waals surface area contributed by atoms with Crippen LogP contribution < -0.4 is 9.80 Å². The lowest BCUT2D eigenvalue weighted by Gasteiger charge is -2.32. The van der Waals surface area contributed by atoms with Crippen LogP contribution in [0.4, 0.5) is 11.9 Å². The van der Waals surface area contributed by atoms with Gasteiger partial charge in [0, 0.05) is 43.5 Å². The molecule has 2 aromatic heterocycles. The summed E-state index contributed by atoms with van der Waals surface area (Å²) in [5, 5.41) is 10.2. The van der Waals surface area contributed by atoms with Crippen LogP contribution in [-0.4, -0.2) is 66.2 Å². The van der Waals surface area contributed by atoms with Crippen molar-refractivity contribution in [3.63, 3.8) is 0 Å². The van der Waals surface area contributed by atoms with Gasteiger partial charge in [-0.05, 0) is 99.5 Å². The monoisotopic (exact) mass is 750 g/mol. The average Bonchev–Trinajstić information content (AvgIpc) is 4.04. The molecule has 49 heavy (non-hydrogen) atoms. The maximum absolute atomic E-state index is 10.7. The maximum atomic E-state index is 10.7. The molecule has 0 amide bonds. The Hall–Kier alpha value is -2.24. The molecule has 13 heteroatoms. The third-order valence-electron chi connectivity index (χ3n) is 10.5. The number of hydrogen-bond acceptors (Lipinski definition) is 9. The molecule has 9 nitrogen and oxygen atoms in total. The molecule has 4 fully saturated rings. The normalized spacial score (nSPS) is 24.0. The van der Waals surface area contributed by atoms with E-state index in [-0.39, 0.29) is 4.90 Å². The second-order valence-electron chi connectivity index (χ2n) is 13.9. The Kier molecular flexibility index (Phi) is 13.8. The Morgan fingerprint density at radius 2 is 1.14 bits per heavy atom. The number of halogens is 3. The van der Waals surface area contributed by atoms with E-state index in [9.17, 15) is 8.42 Å². The number of aliphatic hydroxyl groups excluding tert-OH is 1. The number of hydrogen-bond donors (Lipinski definition) is 1. The lowest BCUT2D eigenvalue weighted by atomic mass is 9.90. The molecule has 0 bridgehead atoms. The lowest BCUT2D eigenvalue weighted by molar-refractivity contribution is 0.266. The zero-order valence-corrected chi connectivity index (χ0v) is 31.6. The molecular weight excluding hydrogens is 703 g/mol. The molecule has 0 spiro atoms. The summed E-state index contributed by atoms with van der Waals surface area (Å²) < 4.78 is 21.4. The van der Waals surface area contributed by atoms with E-state index in [2.05, 4.69) is 36.7 Å². The summed E-state index contributed by atoms with van der Waals surface area (Å²) in [5.41, 5.74) is 1.01. The van der Waals surface area contributed by atoms with E-state index >= 15 is 0 Å². The molecule has 7 rings (SSSR count). The van der Waals surface area contributed by atoms with E-state index in [1.165, 1.54) is 63.5 Å². The Morgan fingerprint density at radius 3 is 1.51 bits per heavy atom. The van der Waals surface area contributed by atoms with Crippen molar-refractivity contribution in [3.8, 4) is 0 Å². The first-order valence-electron chi connectivity index (χ1n) is 17.6. The Balaban J connectivity index is 0.000000149. The molecule has 4 heterocycles. The van der Waals surface area contributed by atoms with Gasteiger partial charge in [-0.25, -0.2) is 28.4 Å². The molecule has 3 aromatic rings. The number of benzene rings is 1. The van der Waals surface area contributed by atoms with Crippen molar-refractivity contribution in [1.29, 1.82) is 0 Å². The number of piperidine rings is 2. The summed E-state index contributed by atoms with van der Waals surface area (Å²) in [4.78, 5) is 21.9. The number of nitrogens with zero attached hydrogens (tertiary/aromatic N) is 6. The van der Waals surface area contributed by atoms with Crippen LogP contribution in [0, 0.1) is 42.4 Å². The molecule has 4 aliphatic rings. The summed E-state index contributed by atoms with van der Waals surface area (Å²) in [7, 11) is 1.54. The summed E-state index contributed by atoms with van der Waals surface area (Å²) >= 11 is 11.6. The third-order valence-corrected chi connectivity index (χ3v) is 12.2. The molecule has 0 unspecified atom stereocenters. The van der Waals surface area contributed by atoms with Gasteiger partial charge in [-0.3, -0.25) is 0 Å². The molecule has 0 radical (unpaired) electrons. The summed E-state index contributed by atoms with van der Waals surface area (Å²) in [5.74, 6) is 7.12. The third kappa shape index (κ3) is 11.4. The second-order valence-corrected chi connectivity index (χ2v) is 17.4. The van der Waals surface area contributed by atoms with Crippen molar-refractivity contribution in [3.05, 3.63) is 64.7 Å². The number of anilines is 2. The summed E-state index contributed by atoms with van der Waals surface area (Å²) in [6.07, 6.45) is 18.3. The smallest absolute Gasteiger partial charge is 0.261 e. The zero-order valence-electron chi connectivity index (χ0n) is 28.5. The quantitative estimate of drug-likeness (QED) is 0.217. The molecule has 4 atom stereocenters. The highest BCUT2D eigenvalue weighted by Crippen LogP contribution is 2.51. The van der Waals surface area contributed by atoms with Gasteiger partial charge in [0.25, 0.3) is 9.05 Å². The zero-order chi connectivity index (χ0) is 35.0. The van der Waals surface area contributed by atoms with Gasteiger partial charge in [-0.1, -0.05) is 60.7 Å². The number of aryl methyl sites for hydroxylation is 1. The largest absolute Gasteiger partial charge is 0.396 e. The van der Waals surface area contributed by atoms with Gasteiger partial charge < -0.3 is 14.9 Å². The molecule has 2 aliphatic heterocycles. The van der Waals surface area contributed by atoms with Gasteiger partial charge in [0.1, 0.15) is 0 Å². The van der Waals surface area contributed by atoms with Gasteiger partial charge in [0.15, 0.2) is 0 Å². The second kappa shape index (κ2) is 17.8. The van der Waals surface area contributed by atoms with Crippen molar-refractivity contribution in [2.24, 2.45) is 35.5 Å². The maximum Gasteiger partial charge on any atom is 0.261 e. The van der Waals surface area contributed by atoms with Gasteiger partial charge in [0.05, 0.1) is 39.7 Å². The van der Waals surface area contributed by atoms with Crippen LogP contribution in [0.5, 0.6) is 0 Å². The molecule has 2 saturated carbocycles. The molecule has 2 saturated heterocycles. The fraction of sp³-hybridized carbons (Fsp3) is 0.611. The van der Waals surface area contributed by atoms with Crippen molar-refractivity contribution in [1.82, 2.24) is 19.9 Å². The minimum absolute atomic E-state index is 0.143. The molecule has 2 aliphatic carbocycles. The van der Waals surface area contributed by atoms with E-state index in [0.717, 1.165) is 85.6 Å². The molecular formula is C36H49Cl3N6O3S. The standard InChI is InChI=1S/C15H22ClN3.C14H20ClN3O.C7H7ClO2S/c1-2-3-12-8-14(12)11-4-6-19(7-5-11)15-17-9-13(16)10-18-15;15-12-8-16-14(17-9-12)18-4-1-10(2-5-18)13-7-11(13)3-6-19;1-6-2-4-7(5-3-6)11(8,9)10/h9-12,14H,2-8H2,1H3;8-11,13,19H,1-7H2;2-5H,1H3/t12-,14-;11-,13-;/m11./s1. The van der Waals surface area contributed by atoms with Crippen molar-refractivity contribution < 1.29 is 13.5 Å². The highest BCUT2D eigenvalue weighted by atomic mass is 35.7. The predicted molar refractivity (Wildman–Crippen MR) is 198 cm³/mol. The summed E-state index contributed by atoms with van der Waals surface area (Å²) in [6, 6.07) is 6.37. The van der Waals surface area contributed by atoms with Crippen LogP contribution in [-0.2, 0) is 9.05 Å². The Bertz CT molecular complexity index is 1470. The lowest BCUT2D eigenvalue weighted by Crippen LogP contribution is -2.35. The van der Waals surface area contributed by atoms with Crippen LogP contribution in [0.25, 0.3) is 0 Å². The van der Waals surface area contributed by atoms with E-state index in [0.29, 0.717) is 16.7 Å². The van der Waals surface area contributed by atoms with Crippen molar-refractivity contribution in [2.45, 2.75) is 76.5 Å². The predicted octanol–water partition coefficient (Wildman–Crippen LogP) is 8.07.